The molecule has 0 aliphatic heterocycles. The van der Waals surface area contributed by atoms with E-state index in [9.17, 15) is 4.79 Å². The van der Waals surface area contributed by atoms with Gasteiger partial charge in [0.15, 0.2) is 5.69 Å². The zero-order chi connectivity index (χ0) is 22.4. The Bertz CT molecular complexity index is 1650. The van der Waals surface area contributed by atoms with Crippen LogP contribution in [0.3, 0.4) is 0 Å². The minimum atomic E-state index is -0.300. The summed E-state index contributed by atoms with van der Waals surface area (Å²) in [7, 11) is 0. The lowest BCUT2D eigenvalue weighted by atomic mass is 10.1. The van der Waals surface area contributed by atoms with Gasteiger partial charge in [-0.3, -0.25) is 9.20 Å². The number of para-hydroxylation sites is 2. The molecule has 0 saturated heterocycles. The largest absolute Gasteiger partial charge is 0.318 e. The van der Waals surface area contributed by atoms with E-state index < -0.39 is 0 Å². The molecule has 160 valence electrons. The molecular weight excluding hydrogens is 412 g/mol. The molecule has 1 N–H and O–H groups in total. The summed E-state index contributed by atoms with van der Waals surface area (Å²) in [5, 5.41) is 13.3. The fraction of sp³-hybridized carbons (Fsp3) is 0.0769. The van der Waals surface area contributed by atoms with E-state index in [2.05, 4.69) is 20.0 Å². The first-order chi connectivity index (χ1) is 16.2. The van der Waals surface area contributed by atoms with Crippen molar-refractivity contribution in [2.24, 2.45) is 0 Å². The van der Waals surface area contributed by atoms with Gasteiger partial charge in [-0.05, 0) is 24.6 Å². The van der Waals surface area contributed by atoms with Crippen molar-refractivity contribution in [1.82, 2.24) is 24.4 Å². The Morgan fingerprint density at radius 2 is 1.64 bits per heavy atom. The monoisotopic (exact) mass is 432 g/mol. The Hall–Kier alpha value is -4.52. The van der Waals surface area contributed by atoms with Gasteiger partial charge in [-0.1, -0.05) is 71.9 Å². The van der Waals surface area contributed by atoms with Crippen molar-refractivity contribution >= 4 is 38.9 Å². The average molecular weight is 432 g/mol. The maximum absolute atomic E-state index is 13.2. The lowest BCUT2D eigenvalue weighted by molar-refractivity contribution is 0.102. The molecule has 0 aliphatic rings. The lowest BCUT2D eigenvalue weighted by Crippen LogP contribution is -2.12. The van der Waals surface area contributed by atoms with Crippen LogP contribution >= 0.6 is 0 Å². The van der Waals surface area contributed by atoms with E-state index in [0.717, 1.165) is 44.4 Å². The second-order valence-electron chi connectivity index (χ2n) is 7.99. The molecule has 3 aromatic heterocycles. The highest BCUT2D eigenvalue weighted by atomic mass is 16.2. The molecule has 6 rings (SSSR count). The minimum Gasteiger partial charge on any atom is -0.318 e. The highest BCUT2D eigenvalue weighted by Crippen LogP contribution is 2.36. The maximum Gasteiger partial charge on any atom is 0.277 e. The van der Waals surface area contributed by atoms with Gasteiger partial charge < -0.3 is 5.32 Å². The molecule has 3 heterocycles. The number of hydrogen-bond acceptors (Lipinski definition) is 4. The zero-order valence-electron chi connectivity index (χ0n) is 17.9. The normalized spacial score (nSPS) is 11.4. The molecule has 7 heteroatoms. The fourth-order valence-corrected chi connectivity index (χ4v) is 4.38. The molecule has 7 nitrogen and oxygen atoms in total. The highest BCUT2D eigenvalue weighted by molar-refractivity contribution is 6.18. The standard InChI is InChI=1S/C26H20N6O/c1-17-27-21-13-7-5-11-19(21)25-24(20-12-6-8-14-23(20)32(17)25)28-26(33)22-16-31(30-29-22)15-18-9-3-2-4-10-18/h2-14,16H,15H2,1H3,(H,28,33). The molecular formula is C26H20N6O. The Morgan fingerprint density at radius 3 is 2.48 bits per heavy atom. The van der Waals surface area contributed by atoms with Gasteiger partial charge in [0.1, 0.15) is 5.82 Å². The summed E-state index contributed by atoms with van der Waals surface area (Å²) >= 11 is 0. The van der Waals surface area contributed by atoms with Crippen molar-refractivity contribution in [2.45, 2.75) is 13.5 Å². The van der Waals surface area contributed by atoms with Crippen molar-refractivity contribution in [2.75, 3.05) is 5.32 Å². The van der Waals surface area contributed by atoms with E-state index in [1.54, 1.807) is 10.9 Å². The second kappa shape index (κ2) is 7.56. The van der Waals surface area contributed by atoms with Crippen LogP contribution in [0.15, 0.2) is 85.1 Å². The minimum absolute atomic E-state index is 0.268. The number of carbonyl (C=O) groups excluding carboxylic acids is 1. The molecule has 0 saturated carbocycles. The van der Waals surface area contributed by atoms with Gasteiger partial charge in [-0.25, -0.2) is 9.67 Å². The Kier molecular flexibility index (Phi) is 4.40. The molecule has 1 amide bonds. The van der Waals surface area contributed by atoms with Crippen LogP contribution in [0.25, 0.3) is 27.3 Å². The van der Waals surface area contributed by atoms with Crippen LogP contribution in [-0.2, 0) is 6.54 Å². The van der Waals surface area contributed by atoms with Gasteiger partial charge in [-0.2, -0.15) is 0 Å². The van der Waals surface area contributed by atoms with E-state index in [0.29, 0.717) is 6.54 Å². The first-order valence-electron chi connectivity index (χ1n) is 10.7. The van der Waals surface area contributed by atoms with Crippen molar-refractivity contribution in [1.29, 1.82) is 0 Å². The quantitative estimate of drug-likeness (QED) is 0.432. The van der Waals surface area contributed by atoms with Crippen LogP contribution in [0.1, 0.15) is 21.9 Å². The van der Waals surface area contributed by atoms with Crippen LogP contribution in [0.2, 0.25) is 0 Å². The first-order valence-corrected chi connectivity index (χ1v) is 10.7. The maximum atomic E-state index is 13.2. The van der Waals surface area contributed by atoms with Crippen molar-refractivity contribution < 1.29 is 4.79 Å². The fourth-order valence-electron chi connectivity index (χ4n) is 4.38. The predicted octanol–water partition coefficient (Wildman–Crippen LogP) is 4.84. The Morgan fingerprint density at radius 1 is 0.909 bits per heavy atom. The molecule has 6 aromatic rings. The molecule has 0 spiro atoms. The van der Waals surface area contributed by atoms with Crippen LogP contribution in [-0.4, -0.2) is 30.3 Å². The van der Waals surface area contributed by atoms with E-state index in [1.807, 2.05) is 85.8 Å². The van der Waals surface area contributed by atoms with Crippen LogP contribution in [0.4, 0.5) is 5.69 Å². The van der Waals surface area contributed by atoms with Gasteiger partial charge >= 0.3 is 0 Å². The predicted molar refractivity (Wildman–Crippen MR) is 128 cm³/mol. The lowest BCUT2D eigenvalue weighted by Gasteiger charge is -2.08. The van der Waals surface area contributed by atoms with Crippen molar-refractivity contribution in [3.05, 3.63) is 102 Å². The average Bonchev–Trinajstić information content (AvgIpc) is 3.44. The number of hydrogen-bond donors (Lipinski definition) is 1. The van der Waals surface area contributed by atoms with Gasteiger partial charge in [0, 0.05) is 10.8 Å². The summed E-state index contributed by atoms with van der Waals surface area (Å²) in [5.74, 6) is 0.556. The number of aromatic nitrogens is 5. The molecule has 3 aromatic carbocycles. The van der Waals surface area contributed by atoms with Gasteiger partial charge in [-0.15, -0.1) is 5.10 Å². The molecule has 0 aliphatic carbocycles. The van der Waals surface area contributed by atoms with Gasteiger partial charge in [0.2, 0.25) is 0 Å². The summed E-state index contributed by atoms with van der Waals surface area (Å²) in [4.78, 5) is 18.0. The molecule has 0 atom stereocenters. The molecule has 0 bridgehead atoms. The highest BCUT2D eigenvalue weighted by Gasteiger charge is 2.20. The number of rotatable bonds is 4. The number of amides is 1. The molecule has 0 unspecified atom stereocenters. The van der Waals surface area contributed by atoms with Crippen LogP contribution in [0, 0.1) is 6.92 Å². The smallest absolute Gasteiger partial charge is 0.277 e. The molecule has 33 heavy (non-hydrogen) atoms. The van der Waals surface area contributed by atoms with Gasteiger partial charge in [0.05, 0.1) is 35.0 Å². The van der Waals surface area contributed by atoms with E-state index in [-0.39, 0.29) is 11.6 Å². The number of aryl methyl sites for hydroxylation is 1. The third-order valence-electron chi connectivity index (χ3n) is 5.84. The summed E-state index contributed by atoms with van der Waals surface area (Å²) in [5.41, 5.74) is 4.90. The Labute approximate surface area is 189 Å². The number of nitrogens with zero attached hydrogens (tertiary/aromatic N) is 5. The number of benzene rings is 3. The summed E-state index contributed by atoms with van der Waals surface area (Å²) in [6.45, 7) is 2.53. The zero-order valence-corrected chi connectivity index (χ0v) is 17.9. The number of carbonyl (C=O) groups is 1. The number of anilines is 1. The molecule has 0 radical (unpaired) electrons. The van der Waals surface area contributed by atoms with Crippen molar-refractivity contribution in [3.63, 3.8) is 0 Å². The summed E-state index contributed by atoms with van der Waals surface area (Å²) in [6, 6.07) is 25.9. The third kappa shape index (κ3) is 3.22. The topological polar surface area (TPSA) is 77.1 Å². The summed E-state index contributed by atoms with van der Waals surface area (Å²) in [6.07, 6.45) is 1.67. The first kappa shape index (κ1) is 19.2. The number of fused-ring (bicyclic) bond motifs is 5. The van der Waals surface area contributed by atoms with Crippen LogP contribution in [0.5, 0.6) is 0 Å². The van der Waals surface area contributed by atoms with Crippen molar-refractivity contribution in [3.8, 4) is 0 Å². The van der Waals surface area contributed by atoms with Gasteiger partial charge in [0.25, 0.3) is 5.91 Å². The molecule has 0 fully saturated rings. The van der Waals surface area contributed by atoms with E-state index >= 15 is 0 Å². The summed E-state index contributed by atoms with van der Waals surface area (Å²) < 4.78 is 3.77. The Balaban J connectivity index is 1.45. The SMILES string of the molecule is Cc1nc2ccccc2c2c(NC(=O)c3cn(Cc4ccccc4)nn3)c3ccccc3n12. The van der Waals surface area contributed by atoms with Crippen LogP contribution < -0.4 is 5.32 Å². The second-order valence-corrected chi connectivity index (χ2v) is 7.99. The third-order valence-corrected chi connectivity index (χ3v) is 5.84. The number of nitrogens with one attached hydrogen (secondary N) is 1. The van der Waals surface area contributed by atoms with E-state index in [1.165, 1.54) is 0 Å². The van der Waals surface area contributed by atoms with E-state index in [4.69, 9.17) is 4.98 Å².